The topological polar surface area (TPSA) is 52.9 Å². The average Bonchev–Trinajstić information content (AvgIpc) is 2.22. The van der Waals surface area contributed by atoms with Gasteiger partial charge in [-0.15, -0.1) is 0 Å². The Morgan fingerprint density at radius 2 is 2.38 bits per heavy atom. The van der Waals surface area contributed by atoms with Crippen LogP contribution in [-0.2, 0) is 4.79 Å². The number of nitrogens with zero attached hydrogens (tertiary/aromatic N) is 1. The van der Waals surface area contributed by atoms with Gasteiger partial charge >= 0.3 is 0 Å². The molecule has 1 rings (SSSR count). The van der Waals surface area contributed by atoms with Crippen molar-refractivity contribution in [1.82, 2.24) is 0 Å². The van der Waals surface area contributed by atoms with Crippen LogP contribution in [-0.4, -0.2) is 5.91 Å². The van der Waals surface area contributed by atoms with E-state index in [0.717, 1.165) is 6.07 Å². The number of hydrogen-bond donors (Lipinski definition) is 1. The van der Waals surface area contributed by atoms with E-state index in [4.69, 9.17) is 16.9 Å². The van der Waals surface area contributed by atoms with Crippen molar-refractivity contribution in [1.29, 1.82) is 5.26 Å². The van der Waals surface area contributed by atoms with E-state index in [0.29, 0.717) is 10.0 Å². The fraction of sp³-hybridized carbons (Fsp3) is 0.200. The van der Waals surface area contributed by atoms with Crippen molar-refractivity contribution in [3.63, 3.8) is 0 Å². The molecular weight excluding hydrogens is 298 g/mol. The Morgan fingerprint density at radius 3 is 2.94 bits per heavy atom. The van der Waals surface area contributed by atoms with E-state index in [2.05, 4.69) is 21.2 Å². The van der Waals surface area contributed by atoms with Gasteiger partial charge in [0.15, 0.2) is 0 Å². The van der Waals surface area contributed by atoms with Crippen molar-refractivity contribution >= 4 is 39.1 Å². The molecular formula is C10H7BrClFN2O. The van der Waals surface area contributed by atoms with Crippen molar-refractivity contribution in [3.05, 3.63) is 26.9 Å². The standard InChI is InChI=1S/C10H7BrClFN2O/c1-5-7(13)4-6(12)10(9(5)11)15-8(16)2-3-14/h4H,2H2,1H3,(H,15,16). The third-order valence-corrected chi connectivity index (χ3v) is 3.19. The van der Waals surface area contributed by atoms with Crippen LogP contribution < -0.4 is 5.32 Å². The highest BCUT2D eigenvalue weighted by atomic mass is 79.9. The molecule has 1 aromatic rings. The zero-order valence-electron chi connectivity index (χ0n) is 8.27. The van der Waals surface area contributed by atoms with Gasteiger partial charge in [-0.05, 0) is 28.9 Å². The van der Waals surface area contributed by atoms with Crippen molar-refractivity contribution < 1.29 is 9.18 Å². The molecule has 1 N–H and O–H groups in total. The number of hydrogen-bond acceptors (Lipinski definition) is 2. The number of carbonyl (C=O) groups excluding carboxylic acids is 1. The molecule has 0 bridgehead atoms. The number of nitriles is 1. The molecule has 84 valence electrons. The highest BCUT2D eigenvalue weighted by Gasteiger charge is 2.14. The van der Waals surface area contributed by atoms with Crippen LogP contribution in [0.15, 0.2) is 10.5 Å². The molecule has 3 nitrogen and oxygen atoms in total. The summed E-state index contributed by atoms with van der Waals surface area (Å²) >= 11 is 8.92. The Bertz CT molecular complexity index is 485. The zero-order valence-corrected chi connectivity index (χ0v) is 10.6. The summed E-state index contributed by atoms with van der Waals surface area (Å²) in [5, 5.41) is 10.9. The van der Waals surface area contributed by atoms with E-state index in [1.807, 2.05) is 0 Å². The van der Waals surface area contributed by atoms with Crippen molar-refractivity contribution in [3.8, 4) is 6.07 Å². The molecule has 1 aromatic carbocycles. The molecule has 16 heavy (non-hydrogen) atoms. The van der Waals surface area contributed by atoms with E-state index < -0.39 is 11.7 Å². The minimum absolute atomic E-state index is 0.0845. The molecule has 0 aliphatic carbocycles. The van der Waals surface area contributed by atoms with Gasteiger partial charge in [0.1, 0.15) is 12.2 Å². The summed E-state index contributed by atoms with van der Waals surface area (Å²) in [5.74, 6) is -0.953. The second-order valence-corrected chi connectivity index (χ2v) is 4.24. The summed E-state index contributed by atoms with van der Waals surface area (Å²) in [5.41, 5.74) is 0.623. The first-order valence-electron chi connectivity index (χ1n) is 4.28. The maximum absolute atomic E-state index is 13.2. The van der Waals surface area contributed by atoms with Gasteiger partial charge in [-0.3, -0.25) is 4.79 Å². The van der Waals surface area contributed by atoms with Gasteiger partial charge in [0.2, 0.25) is 5.91 Å². The van der Waals surface area contributed by atoms with Crippen LogP contribution in [0.4, 0.5) is 10.1 Å². The summed E-state index contributed by atoms with van der Waals surface area (Å²) in [6, 6.07) is 2.82. The van der Waals surface area contributed by atoms with E-state index in [9.17, 15) is 9.18 Å². The minimum Gasteiger partial charge on any atom is -0.323 e. The molecule has 0 fully saturated rings. The molecule has 0 unspecified atom stereocenters. The fourth-order valence-corrected chi connectivity index (χ4v) is 1.91. The van der Waals surface area contributed by atoms with Gasteiger partial charge in [-0.2, -0.15) is 5.26 Å². The SMILES string of the molecule is Cc1c(F)cc(Cl)c(NC(=O)CC#N)c1Br. The Hall–Kier alpha value is -1.12. The number of anilines is 1. The lowest BCUT2D eigenvalue weighted by Gasteiger charge is -2.11. The van der Waals surface area contributed by atoms with E-state index in [1.54, 1.807) is 13.0 Å². The van der Waals surface area contributed by atoms with Gasteiger partial charge in [0, 0.05) is 10.0 Å². The molecule has 1 amide bonds. The Balaban J connectivity index is 3.11. The second kappa shape index (κ2) is 5.28. The van der Waals surface area contributed by atoms with Crippen LogP contribution in [0, 0.1) is 24.1 Å². The maximum Gasteiger partial charge on any atom is 0.238 e. The summed E-state index contributed by atoms with van der Waals surface area (Å²) in [6.07, 6.45) is -0.279. The number of nitrogens with one attached hydrogen (secondary N) is 1. The quantitative estimate of drug-likeness (QED) is 0.910. The number of carbonyl (C=O) groups is 1. The molecule has 0 aromatic heterocycles. The molecule has 6 heteroatoms. The first-order chi connectivity index (χ1) is 7.47. The fourth-order valence-electron chi connectivity index (χ4n) is 1.06. The number of halogens is 3. The summed E-state index contributed by atoms with van der Waals surface area (Å²) < 4.78 is 13.6. The maximum atomic E-state index is 13.2. The van der Waals surface area contributed by atoms with E-state index in [-0.39, 0.29) is 17.1 Å². The molecule has 0 radical (unpaired) electrons. The van der Waals surface area contributed by atoms with Gasteiger partial charge < -0.3 is 5.32 Å². The highest BCUT2D eigenvalue weighted by molar-refractivity contribution is 9.10. The molecule has 0 aliphatic heterocycles. The molecule has 0 heterocycles. The molecule has 0 aliphatic rings. The number of amides is 1. The van der Waals surface area contributed by atoms with Crippen molar-refractivity contribution in [2.75, 3.05) is 5.32 Å². The Morgan fingerprint density at radius 1 is 1.75 bits per heavy atom. The normalized spacial score (nSPS) is 9.69. The second-order valence-electron chi connectivity index (χ2n) is 3.04. The third-order valence-electron chi connectivity index (χ3n) is 1.90. The summed E-state index contributed by atoms with van der Waals surface area (Å²) in [7, 11) is 0. The molecule has 0 atom stereocenters. The van der Waals surface area contributed by atoms with Crippen LogP contribution in [0.25, 0.3) is 0 Å². The molecule has 0 saturated heterocycles. The lowest BCUT2D eigenvalue weighted by atomic mass is 10.2. The summed E-state index contributed by atoms with van der Waals surface area (Å²) in [6.45, 7) is 1.55. The number of benzene rings is 1. The number of rotatable bonds is 2. The zero-order chi connectivity index (χ0) is 12.3. The molecule has 0 saturated carbocycles. The predicted molar refractivity (Wildman–Crippen MR) is 62.7 cm³/mol. The lowest BCUT2D eigenvalue weighted by molar-refractivity contribution is -0.115. The van der Waals surface area contributed by atoms with Crippen LogP contribution >= 0.6 is 27.5 Å². The van der Waals surface area contributed by atoms with Gasteiger partial charge in [-0.25, -0.2) is 4.39 Å². The average molecular weight is 306 g/mol. The highest BCUT2D eigenvalue weighted by Crippen LogP contribution is 2.35. The van der Waals surface area contributed by atoms with Gasteiger partial charge in [-0.1, -0.05) is 11.6 Å². The van der Waals surface area contributed by atoms with Crippen molar-refractivity contribution in [2.24, 2.45) is 0 Å². The first kappa shape index (κ1) is 12.9. The summed E-state index contributed by atoms with van der Waals surface area (Å²) in [4.78, 5) is 11.2. The largest absolute Gasteiger partial charge is 0.323 e. The monoisotopic (exact) mass is 304 g/mol. The Labute approximate surface area is 105 Å². The van der Waals surface area contributed by atoms with Crippen molar-refractivity contribution in [2.45, 2.75) is 13.3 Å². The lowest BCUT2D eigenvalue weighted by Crippen LogP contribution is -2.11. The van der Waals surface area contributed by atoms with Crippen LogP contribution in [0.2, 0.25) is 5.02 Å². The smallest absolute Gasteiger partial charge is 0.238 e. The van der Waals surface area contributed by atoms with E-state index in [1.165, 1.54) is 0 Å². The van der Waals surface area contributed by atoms with Crippen LogP contribution in [0.3, 0.4) is 0 Å². The first-order valence-corrected chi connectivity index (χ1v) is 5.45. The molecule has 0 spiro atoms. The van der Waals surface area contributed by atoms with E-state index >= 15 is 0 Å². The minimum atomic E-state index is -0.490. The van der Waals surface area contributed by atoms with Gasteiger partial charge in [0.25, 0.3) is 0 Å². The predicted octanol–water partition coefficient (Wildman–Crippen LogP) is 3.40. The van der Waals surface area contributed by atoms with Crippen LogP contribution in [0.5, 0.6) is 0 Å². The Kier molecular flexibility index (Phi) is 4.27. The van der Waals surface area contributed by atoms with Gasteiger partial charge in [0.05, 0.1) is 16.8 Å². The third kappa shape index (κ3) is 2.71. The van der Waals surface area contributed by atoms with Crippen LogP contribution in [0.1, 0.15) is 12.0 Å².